The van der Waals surface area contributed by atoms with E-state index in [1.54, 1.807) is 0 Å². The highest BCUT2D eigenvalue weighted by atomic mass is 16.7. The first-order valence-electron chi connectivity index (χ1n) is 14.5. The van der Waals surface area contributed by atoms with Gasteiger partial charge in [0.15, 0.2) is 0 Å². The summed E-state index contributed by atoms with van der Waals surface area (Å²) in [5, 5.41) is 8.56. The van der Waals surface area contributed by atoms with Crippen molar-refractivity contribution in [3.8, 4) is 0 Å². The molecule has 0 aromatic carbocycles. The molecule has 212 valence electrons. The first kappa shape index (κ1) is 34.7. The fraction of sp³-hybridized carbons (Fsp3) is 1.00. The van der Waals surface area contributed by atoms with Gasteiger partial charge in [0, 0.05) is 13.2 Å². The van der Waals surface area contributed by atoms with Gasteiger partial charge >= 0.3 is 0 Å². The molecule has 1 N–H and O–H groups in total. The van der Waals surface area contributed by atoms with Crippen LogP contribution in [0.5, 0.6) is 0 Å². The molecule has 0 radical (unpaired) electrons. The summed E-state index contributed by atoms with van der Waals surface area (Å²) in [6.45, 7) is 8.42. The number of rotatable bonds is 32. The number of ether oxygens (including phenoxy) is 6. The number of aliphatic hydroxyl groups is 1. The molecule has 0 aliphatic heterocycles. The van der Waals surface area contributed by atoms with E-state index in [1.807, 2.05) is 0 Å². The lowest BCUT2D eigenvalue weighted by Crippen LogP contribution is -2.13. The second-order valence-electron chi connectivity index (χ2n) is 9.06. The average molecular weight is 507 g/mol. The van der Waals surface area contributed by atoms with Crippen LogP contribution in [-0.4, -0.2) is 84.6 Å². The quantitative estimate of drug-likeness (QED) is 0.0898. The highest BCUT2D eigenvalue weighted by molar-refractivity contribution is 4.49. The Morgan fingerprint density at radius 1 is 0.343 bits per heavy atom. The minimum atomic E-state index is 0.0442. The topological polar surface area (TPSA) is 75.6 Å². The van der Waals surface area contributed by atoms with Crippen LogP contribution in [0.4, 0.5) is 0 Å². The average Bonchev–Trinajstić information content (AvgIpc) is 2.87. The molecule has 7 nitrogen and oxygen atoms in total. The van der Waals surface area contributed by atoms with E-state index < -0.39 is 0 Å². The Kier molecular flexibility index (Phi) is 33.5. The third-order valence-electron chi connectivity index (χ3n) is 5.74. The monoisotopic (exact) mass is 506 g/mol. The molecule has 0 spiro atoms. The molecule has 0 aliphatic rings. The Hall–Kier alpha value is -0.280. The zero-order valence-electron chi connectivity index (χ0n) is 23.0. The minimum absolute atomic E-state index is 0.0442. The van der Waals surface area contributed by atoms with Crippen molar-refractivity contribution in [3.63, 3.8) is 0 Å². The Bertz CT molecular complexity index is 326. The molecule has 0 rings (SSSR count). The molecule has 0 saturated carbocycles. The summed E-state index contributed by atoms with van der Waals surface area (Å²) in [7, 11) is 0. The molecular formula is C28H58O7. The molecule has 0 aromatic heterocycles. The van der Waals surface area contributed by atoms with Gasteiger partial charge in [0.05, 0.1) is 59.5 Å². The van der Waals surface area contributed by atoms with Crippen LogP contribution in [0.3, 0.4) is 0 Å². The molecule has 0 fully saturated rings. The van der Waals surface area contributed by atoms with Gasteiger partial charge in [0.25, 0.3) is 0 Å². The van der Waals surface area contributed by atoms with E-state index in [4.69, 9.17) is 33.5 Å². The predicted molar refractivity (Wildman–Crippen MR) is 142 cm³/mol. The van der Waals surface area contributed by atoms with E-state index in [0.717, 1.165) is 19.4 Å². The van der Waals surface area contributed by atoms with Gasteiger partial charge in [-0.25, -0.2) is 0 Å². The third kappa shape index (κ3) is 33.7. The molecule has 35 heavy (non-hydrogen) atoms. The van der Waals surface area contributed by atoms with Gasteiger partial charge in [-0.3, -0.25) is 0 Å². The predicted octanol–water partition coefficient (Wildman–Crippen LogP) is 5.91. The summed E-state index contributed by atoms with van der Waals surface area (Å²) >= 11 is 0. The van der Waals surface area contributed by atoms with Gasteiger partial charge in [-0.15, -0.1) is 0 Å². The van der Waals surface area contributed by atoms with Crippen LogP contribution >= 0.6 is 0 Å². The minimum Gasteiger partial charge on any atom is -0.394 e. The molecule has 7 heteroatoms. The molecule has 0 amide bonds. The van der Waals surface area contributed by atoms with Gasteiger partial charge in [-0.2, -0.15) is 0 Å². The van der Waals surface area contributed by atoms with E-state index >= 15 is 0 Å². The zero-order chi connectivity index (χ0) is 25.3. The zero-order valence-corrected chi connectivity index (χ0v) is 23.0. The fourth-order valence-corrected chi connectivity index (χ4v) is 3.66. The lowest BCUT2D eigenvalue weighted by atomic mass is 10.0. The Morgan fingerprint density at radius 3 is 1.14 bits per heavy atom. The van der Waals surface area contributed by atoms with E-state index in [1.165, 1.54) is 83.5 Å². The van der Waals surface area contributed by atoms with Crippen molar-refractivity contribution in [2.75, 3.05) is 79.5 Å². The number of hydrogen-bond donors (Lipinski definition) is 1. The highest BCUT2D eigenvalue weighted by Gasteiger charge is 1.96. The van der Waals surface area contributed by atoms with E-state index in [0.29, 0.717) is 66.3 Å². The molecule has 0 saturated heterocycles. The number of unbranched alkanes of at least 4 members (excludes halogenated alkanes) is 13. The third-order valence-corrected chi connectivity index (χ3v) is 5.74. The molecule has 0 aliphatic carbocycles. The van der Waals surface area contributed by atoms with Crippen LogP contribution in [-0.2, 0) is 28.4 Å². The summed E-state index contributed by atoms with van der Waals surface area (Å²) in [5.74, 6) is 0. The van der Waals surface area contributed by atoms with Gasteiger partial charge in [-0.1, -0.05) is 90.4 Å². The summed E-state index contributed by atoms with van der Waals surface area (Å²) in [6, 6.07) is 0. The van der Waals surface area contributed by atoms with E-state index in [-0.39, 0.29) is 6.61 Å². The first-order chi connectivity index (χ1) is 17.4. The van der Waals surface area contributed by atoms with Crippen LogP contribution in [0.1, 0.15) is 103 Å². The second kappa shape index (κ2) is 33.7. The number of hydrogen-bond acceptors (Lipinski definition) is 7. The summed E-state index contributed by atoms with van der Waals surface area (Å²) in [6.07, 6.45) is 20.1. The lowest BCUT2D eigenvalue weighted by Gasteiger charge is -2.08. The van der Waals surface area contributed by atoms with Crippen LogP contribution in [0.2, 0.25) is 0 Å². The van der Waals surface area contributed by atoms with Crippen molar-refractivity contribution in [1.82, 2.24) is 0 Å². The molecule has 0 bridgehead atoms. The smallest absolute Gasteiger partial charge is 0.146 e. The van der Waals surface area contributed by atoms with Crippen LogP contribution in [0, 0.1) is 0 Å². The highest BCUT2D eigenvalue weighted by Crippen LogP contribution is 2.12. The standard InChI is InChI=1S/C28H58O7/c1-2-3-4-5-6-7-8-9-10-11-12-13-14-15-18-34-28-35-20-16-19-30-22-24-32-26-27-33-25-23-31-21-17-29/h29H,2-28H2,1H3. The lowest BCUT2D eigenvalue weighted by molar-refractivity contribution is -0.0606. The largest absolute Gasteiger partial charge is 0.394 e. The maximum absolute atomic E-state index is 8.56. The molecule has 0 unspecified atom stereocenters. The number of aliphatic hydroxyl groups excluding tert-OH is 1. The van der Waals surface area contributed by atoms with E-state index in [9.17, 15) is 0 Å². The fourth-order valence-electron chi connectivity index (χ4n) is 3.66. The van der Waals surface area contributed by atoms with Crippen molar-refractivity contribution >= 4 is 0 Å². The second-order valence-corrected chi connectivity index (χ2v) is 9.06. The summed E-state index contributed by atoms with van der Waals surface area (Å²) in [5.41, 5.74) is 0. The Labute approximate surface area is 216 Å². The molecular weight excluding hydrogens is 448 g/mol. The first-order valence-corrected chi connectivity index (χ1v) is 14.5. The summed E-state index contributed by atoms with van der Waals surface area (Å²) in [4.78, 5) is 0. The Balaban J connectivity index is 3.00. The van der Waals surface area contributed by atoms with Gasteiger partial charge in [0.1, 0.15) is 6.79 Å². The van der Waals surface area contributed by atoms with Crippen LogP contribution in [0.25, 0.3) is 0 Å². The maximum atomic E-state index is 8.56. The van der Waals surface area contributed by atoms with Crippen molar-refractivity contribution in [3.05, 3.63) is 0 Å². The van der Waals surface area contributed by atoms with E-state index in [2.05, 4.69) is 6.92 Å². The van der Waals surface area contributed by atoms with Crippen molar-refractivity contribution < 1.29 is 33.5 Å². The Morgan fingerprint density at radius 2 is 0.686 bits per heavy atom. The molecule has 0 aromatic rings. The van der Waals surface area contributed by atoms with Crippen molar-refractivity contribution in [1.29, 1.82) is 0 Å². The maximum Gasteiger partial charge on any atom is 0.146 e. The van der Waals surface area contributed by atoms with Gasteiger partial charge in [-0.05, 0) is 12.8 Å². The van der Waals surface area contributed by atoms with Gasteiger partial charge < -0.3 is 33.5 Å². The summed E-state index contributed by atoms with van der Waals surface area (Å²) < 4.78 is 32.4. The van der Waals surface area contributed by atoms with Crippen molar-refractivity contribution in [2.45, 2.75) is 103 Å². The van der Waals surface area contributed by atoms with Crippen LogP contribution in [0.15, 0.2) is 0 Å². The molecule has 0 atom stereocenters. The van der Waals surface area contributed by atoms with Crippen LogP contribution < -0.4 is 0 Å². The van der Waals surface area contributed by atoms with Crippen molar-refractivity contribution in [2.24, 2.45) is 0 Å². The van der Waals surface area contributed by atoms with Gasteiger partial charge in [0.2, 0.25) is 0 Å². The molecule has 0 heterocycles. The normalized spacial score (nSPS) is 11.5. The SMILES string of the molecule is CCCCCCCCCCCCCCCCOCOCCCOCCOCCOCCOCCO.